The number of ether oxygens (including phenoxy) is 1. The molecule has 0 aliphatic carbocycles. The molecule has 0 saturated carbocycles. The van der Waals surface area contributed by atoms with Crippen LogP contribution < -0.4 is 0 Å². The molecule has 1 N–H and O–H groups in total. The largest absolute Gasteiger partial charge is 0.477 e. The average molecular weight is 304 g/mol. The van der Waals surface area contributed by atoms with E-state index in [-0.39, 0.29) is 11.6 Å². The van der Waals surface area contributed by atoms with Gasteiger partial charge in [-0.05, 0) is 24.3 Å². The lowest BCUT2D eigenvalue weighted by Gasteiger charge is -2.21. The number of methoxy groups -OCH3 is 1. The zero-order valence-corrected chi connectivity index (χ0v) is 12.1. The summed E-state index contributed by atoms with van der Waals surface area (Å²) in [7, 11) is 1.55. The fourth-order valence-electron chi connectivity index (χ4n) is 1.87. The Kier molecular flexibility index (Phi) is 5.26. The summed E-state index contributed by atoms with van der Waals surface area (Å²) >= 11 is 0. The van der Waals surface area contributed by atoms with Crippen molar-refractivity contribution in [2.45, 2.75) is 6.54 Å². The Morgan fingerprint density at radius 1 is 1.36 bits per heavy atom. The summed E-state index contributed by atoms with van der Waals surface area (Å²) in [6.45, 7) is 1.07. The Bertz CT molecular complexity index is 622. The fraction of sp³-hybridized carbons (Fsp3) is 0.267. The van der Waals surface area contributed by atoms with E-state index in [2.05, 4.69) is 4.98 Å². The predicted molar refractivity (Wildman–Crippen MR) is 76.5 cm³/mol. The number of furan rings is 1. The van der Waals surface area contributed by atoms with E-state index in [9.17, 15) is 9.59 Å². The van der Waals surface area contributed by atoms with Gasteiger partial charge in [0.25, 0.3) is 5.91 Å². The van der Waals surface area contributed by atoms with Crippen molar-refractivity contribution in [2.24, 2.45) is 0 Å². The number of carboxylic acids is 1. The lowest BCUT2D eigenvalue weighted by molar-refractivity contribution is 0.0660. The SMILES string of the molecule is COCCN(Cc1ccco1)C(=O)c1ccc(C(=O)O)nc1. The molecule has 116 valence electrons. The third-order valence-electron chi connectivity index (χ3n) is 3.01. The minimum atomic E-state index is -1.13. The van der Waals surface area contributed by atoms with Crippen LogP contribution in [-0.2, 0) is 11.3 Å². The Morgan fingerprint density at radius 2 is 2.18 bits per heavy atom. The molecule has 0 radical (unpaired) electrons. The molecule has 0 spiro atoms. The van der Waals surface area contributed by atoms with Crippen molar-refractivity contribution in [3.8, 4) is 0 Å². The van der Waals surface area contributed by atoms with E-state index in [4.69, 9.17) is 14.3 Å². The highest BCUT2D eigenvalue weighted by atomic mass is 16.5. The number of hydrogen-bond donors (Lipinski definition) is 1. The number of rotatable bonds is 7. The van der Waals surface area contributed by atoms with Crippen LogP contribution in [0.2, 0.25) is 0 Å². The van der Waals surface area contributed by atoms with E-state index < -0.39 is 5.97 Å². The monoisotopic (exact) mass is 304 g/mol. The molecule has 0 aromatic carbocycles. The van der Waals surface area contributed by atoms with Gasteiger partial charge in [0.15, 0.2) is 0 Å². The Balaban J connectivity index is 2.14. The van der Waals surface area contributed by atoms with Crippen LogP contribution in [0.1, 0.15) is 26.6 Å². The van der Waals surface area contributed by atoms with Crippen molar-refractivity contribution in [1.82, 2.24) is 9.88 Å². The van der Waals surface area contributed by atoms with Crippen LogP contribution in [0.15, 0.2) is 41.1 Å². The van der Waals surface area contributed by atoms with Crippen LogP contribution in [0.25, 0.3) is 0 Å². The number of carbonyl (C=O) groups is 2. The Labute approximate surface area is 127 Å². The van der Waals surface area contributed by atoms with Gasteiger partial charge in [-0.15, -0.1) is 0 Å². The number of amides is 1. The molecule has 0 unspecified atom stereocenters. The third kappa shape index (κ3) is 3.92. The van der Waals surface area contributed by atoms with E-state index >= 15 is 0 Å². The second-order valence-corrected chi connectivity index (χ2v) is 4.54. The first kappa shape index (κ1) is 15.7. The minimum Gasteiger partial charge on any atom is -0.477 e. The molecule has 22 heavy (non-hydrogen) atoms. The first-order valence-electron chi connectivity index (χ1n) is 6.61. The Hall–Kier alpha value is -2.67. The predicted octanol–water partition coefficient (Wildman–Crippen LogP) is 1.66. The highest BCUT2D eigenvalue weighted by Crippen LogP contribution is 2.10. The van der Waals surface area contributed by atoms with Gasteiger partial charge in [-0.1, -0.05) is 0 Å². The second kappa shape index (κ2) is 7.37. The quantitative estimate of drug-likeness (QED) is 0.836. The van der Waals surface area contributed by atoms with Gasteiger partial charge in [-0.3, -0.25) is 4.79 Å². The highest BCUT2D eigenvalue weighted by Gasteiger charge is 2.18. The molecule has 0 aliphatic heterocycles. The van der Waals surface area contributed by atoms with Gasteiger partial charge < -0.3 is 19.2 Å². The van der Waals surface area contributed by atoms with Crippen LogP contribution in [0.3, 0.4) is 0 Å². The molecular formula is C15H16N2O5. The van der Waals surface area contributed by atoms with Crippen molar-refractivity contribution >= 4 is 11.9 Å². The average Bonchev–Trinajstić information content (AvgIpc) is 3.04. The van der Waals surface area contributed by atoms with E-state index in [0.29, 0.717) is 31.0 Å². The number of aromatic nitrogens is 1. The lowest BCUT2D eigenvalue weighted by Crippen LogP contribution is -2.33. The van der Waals surface area contributed by atoms with Crippen molar-refractivity contribution in [3.05, 3.63) is 53.7 Å². The summed E-state index contributed by atoms with van der Waals surface area (Å²) in [6, 6.07) is 6.27. The van der Waals surface area contributed by atoms with Gasteiger partial charge in [0.1, 0.15) is 11.5 Å². The Morgan fingerprint density at radius 3 is 2.73 bits per heavy atom. The number of aromatic carboxylic acids is 1. The summed E-state index contributed by atoms with van der Waals surface area (Å²) in [5.41, 5.74) is 0.207. The molecule has 0 bridgehead atoms. The third-order valence-corrected chi connectivity index (χ3v) is 3.01. The summed E-state index contributed by atoms with van der Waals surface area (Å²) in [4.78, 5) is 28.6. The normalized spacial score (nSPS) is 10.4. The number of pyridine rings is 1. The zero-order valence-electron chi connectivity index (χ0n) is 12.1. The molecular weight excluding hydrogens is 288 g/mol. The van der Waals surface area contributed by atoms with Crippen molar-refractivity contribution in [2.75, 3.05) is 20.3 Å². The zero-order chi connectivity index (χ0) is 15.9. The van der Waals surface area contributed by atoms with Crippen LogP contribution in [-0.4, -0.2) is 47.1 Å². The van der Waals surface area contributed by atoms with Crippen LogP contribution >= 0.6 is 0 Å². The molecule has 2 heterocycles. The maximum Gasteiger partial charge on any atom is 0.354 e. The van der Waals surface area contributed by atoms with Gasteiger partial charge >= 0.3 is 5.97 Å². The number of carboxylic acid groups (broad SMARTS) is 1. The fourth-order valence-corrected chi connectivity index (χ4v) is 1.87. The second-order valence-electron chi connectivity index (χ2n) is 4.54. The molecule has 1 amide bonds. The summed E-state index contributed by atoms with van der Waals surface area (Å²) < 4.78 is 10.3. The molecule has 2 aromatic rings. The van der Waals surface area contributed by atoms with Gasteiger partial charge in [0.05, 0.1) is 25.0 Å². The van der Waals surface area contributed by atoms with E-state index in [0.717, 1.165) is 0 Å². The van der Waals surface area contributed by atoms with Crippen LogP contribution in [0.5, 0.6) is 0 Å². The molecule has 0 atom stereocenters. The van der Waals surface area contributed by atoms with Gasteiger partial charge in [-0.25, -0.2) is 9.78 Å². The summed E-state index contributed by atoms with van der Waals surface area (Å²) in [6.07, 6.45) is 2.80. The van der Waals surface area contributed by atoms with E-state index in [1.165, 1.54) is 24.6 Å². The van der Waals surface area contributed by atoms with E-state index in [1.807, 2.05) is 0 Å². The molecule has 0 aliphatic rings. The standard InChI is InChI=1S/C15H16N2O5/c1-21-8-6-17(10-12-3-2-7-22-12)14(18)11-4-5-13(15(19)20)16-9-11/h2-5,7,9H,6,8,10H2,1H3,(H,19,20). The van der Waals surface area contributed by atoms with Crippen LogP contribution in [0.4, 0.5) is 0 Å². The van der Waals surface area contributed by atoms with Crippen molar-refractivity contribution < 1.29 is 23.8 Å². The maximum atomic E-state index is 12.5. The van der Waals surface area contributed by atoms with Crippen LogP contribution in [0, 0.1) is 0 Å². The maximum absolute atomic E-state index is 12.5. The number of hydrogen-bond acceptors (Lipinski definition) is 5. The molecule has 2 aromatic heterocycles. The van der Waals surface area contributed by atoms with Crippen molar-refractivity contribution in [1.29, 1.82) is 0 Å². The molecule has 7 heteroatoms. The molecule has 2 rings (SSSR count). The minimum absolute atomic E-state index is 0.106. The van der Waals surface area contributed by atoms with Gasteiger partial charge in [0, 0.05) is 19.9 Å². The van der Waals surface area contributed by atoms with Gasteiger partial charge in [-0.2, -0.15) is 0 Å². The molecule has 0 fully saturated rings. The summed E-state index contributed by atoms with van der Waals surface area (Å²) in [5.74, 6) is -0.747. The number of carbonyl (C=O) groups excluding carboxylic acids is 1. The summed E-state index contributed by atoms with van der Waals surface area (Å²) in [5, 5.41) is 8.82. The van der Waals surface area contributed by atoms with E-state index in [1.54, 1.807) is 24.1 Å². The van der Waals surface area contributed by atoms with Crippen molar-refractivity contribution in [3.63, 3.8) is 0 Å². The smallest absolute Gasteiger partial charge is 0.354 e. The lowest BCUT2D eigenvalue weighted by atomic mass is 10.2. The number of nitrogens with zero attached hydrogens (tertiary/aromatic N) is 2. The topological polar surface area (TPSA) is 92.9 Å². The molecule has 7 nitrogen and oxygen atoms in total. The van der Waals surface area contributed by atoms with Gasteiger partial charge in [0.2, 0.25) is 0 Å². The first-order chi connectivity index (χ1) is 10.6. The highest BCUT2D eigenvalue weighted by molar-refractivity contribution is 5.94. The first-order valence-corrected chi connectivity index (χ1v) is 6.61. The molecule has 0 saturated heterocycles.